The first kappa shape index (κ1) is 10.5. The van der Waals surface area contributed by atoms with Crippen molar-refractivity contribution in [3.05, 3.63) is 12.2 Å². The molecule has 0 spiro atoms. The summed E-state index contributed by atoms with van der Waals surface area (Å²) >= 11 is 0. The topological polar surface area (TPSA) is 89.3 Å². The first-order valence-electron chi connectivity index (χ1n) is 4.45. The van der Waals surface area contributed by atoms with E-state index in [4.69, 9.17) is 10.9 Å². The van der Waals surface area contributed by atoms with Gasteiger partial charge in [-0.2, -0.15) is 0 Å². The van der Waals surface area contributed by atoms with E-state index in [0.29, 0.717) is 5.92 Å². The molecule has 3 N–H and O–H groups in total. The maximum atomic E-state index is 8.42. The smallest absolute Gasteiger partial charge is 0.219 e. The molecule has 0 saturated heterocycles. The van der Waals surface area contributed by atoms with Crippen molar-refractivity contribution in [1.29, 1.82) is 0 Å². The molecular formula is C8H15N5O. The molecule has 1 aromatic heterocycles. The van der Waals surface area contributed by atoms with Crippen LogP contribution >= 0.6 is 0 Å². The normalized spacial score (nSPS) is 14.7. The third kappa shape index (κ3) is 2.01. The Labute approximate surface area is 82.4 Å². The third-order valence-electron chi connectivity index (χ3n) is 2.23. The molecule has 78 valence electrons. The van der Waals surface area contributed by atoms with E-state index < -0.39 is 0 Å². The zero-order chi connectivity index (χ0) is 10.7. The fourth-order valence-corrected chi connectivity index (χ4v) is 0.939. The van der Waals surface area contributed by atoms with Gasteiger partial charge in [0.2, 0.25) is 11.7 Å². The number of hydrogen-bond acceptors (Lipinski definition) is 4. The van der Waals surface area contributed by atoms with E-state index in [2.05, 4.69) is 29.1 Å². The fraction of sp³-hybridized carbons (Fsp3) is 0.625. The molecule has 1 atom stereocenters. The van der Waals surface area contributed by atoms with Crippen LogP contribution in [0.25, 0.3) is 0 Å². The average Bonchev–Trinajstić information content (AvgIpc) is 2.64. The lowest BCUT2D eigenvalue weighted by molar-refractivity contribution is 0.318. The number of hydrogen-bond donors (Lipinski definition) is 2. The van der Waals surface area contributed by atoms with Gasteiger partial charge in [-0.1, -0.05) is 19.0 Å². The molecule has 6 heteroatoms. The molecule has 14 heavy (non-hydrogen) atoms. The van der Waals surface area contributed by atoms with Crippen molar-refractivity contribution >= 4 is 5.84 Å². The zero-order valence-electron chi connectivity index (χ0n) is 8.55. The van der Waals surface area contributed by atoms with Gasteiger partial charge in [0, 0.05) is 0 Å². The van der Waals surface area contributed by atoms with Gasteiger partial charge < -0.3 is 10.9 Å². The van der Waals surface area contributed by atoms with Crippen molar-refractivity contribution in [3.63, 3.8) is 0 Å². The summed E-state index contributed by atoms with van der Waals surface area (Å²) in [4.78, 5) is 3.93. The lowest BCUT2D eigenvalue weighted by Gasteiger charge is -2.14. The summed E-state index contributed by atoms with van der Waals surface area (Å²) in [6, 6.07) is 0.239. The van der Waals surface area contributed by atoms with Crippen LogP contribution in [0, 0.1) is 5.92 Å². The van der Waals surface area contributed by atoms with Crippen molar-refractivity contribution in [2.75, 3.05) is 0 Å². The number of nitrogens with two attached hydrogens (primary N) is 1. The zero-order valence-corrected chi connectivity index (χ0v) is 8.55. The van der Waals surface area contributed by atoms with Gasteiger partial charge in [-0.05, 0) is 12.8 Å². The Balaban J connectivity index is 2.88. The third-order valence-corrected chi connectivity index (χ3v) is 2.23. The molecule has 1 aromatic rings. The lowest BCUT2D eigenvalue weighted by Crippen LogP contribution is -2.17. The molecule has 0 radical (unpaired) electrons. The van der Waals surface area contributed by atoms with Crippen molar-refractivity contribution in [3.8, 4) is 0 Å². The van der Waals surface area contributed by atoms with Crippen molar-refractivity contribution in [1.82, 2.24) is 14.8 Å². The van der Waals surface area contributed by atoms with Gasteiger partial charge in [-0.15, -0.1) is 5.10 Å². The summed E-state index contributed by atoms with van der Waals surface area (Å²) in [5.41, 5.74) is 5.35. The second kappa shape index (κ2) is 4.08. The Morgan fingerprint density at radius 2 is 2.21 bits per heavy atom. The van der Waals surface area contributed by atoms with E-state index in [1.165, 1.54) is 0 Å². The Kier molecular flexibility index (Phi) is 3.06. The van der Waals surface area contributed by atoms with E-state index in [1.807, 2.05) is 6.92 Å². The Bertz CT molecular complexity index is 330. The highest BCUT2D eigenvalue weighted by atomic mass is 16.4. The minimum absolute atomic E-state index is 0.0697. The van der Waals surface area contributed by atoms with E-state index in [-0.39, 0.29) is 17.7 Å². The summed E-state index contributed by atoms with van der Waals surface area (Å²) in [5.74, 6) is 0.636. The van der Waals surface area contributed by atoms with E-state index in [1.54, 1.807) is 11.0 Å². The predicted octanol–water partition coefficient (Wildman–Crippen LogP) is 0.590. The highest BCUT2D eigenvalue weighted by Gasteiger charge is 2.13. The number of rotatable bonds is 3. The van der Waals surface area contributed by atoms with Crippen molar-refractivity contribution in [2.24, 2.45) is 16.8 Å². The molecule has 0 aliphatic rings. The Morgan fingerprint density at radius 3 is 2.71 bits per heavy atom. The monoisotopic (exact) mass is 197 g/mol. The maximum Gasteiger partial charge on any atom is 0.219 e. The second-order valence-corrected chi connectivity index (χ2v) is 3.52. The molecule has 6 nitrogen and oxygen atoms in total. The van der Waals surface area contributed by atoms with Crippen LogP contribution in [0.4, 0.5) is 0 Å². The summed E-state index contributed by atoms with van der Waals surface area (Å²) in [6.45, 7) is 6.22. The van der Waals surface area contributed by atoms with Crippen LogP contribution in [-0.4, -0.2) is 25.8 Å². The van der Waals surface area contributed by atoms with E-state index in [9.17, 15) is 0 Å². The maximum absolute atomic E-state index is 8.42. The van der Waals surface area contributed by atoms with Crippen LogP contribution < -0.4 is 5.73 Å². The SMILES string of the molecule is CC(C)C(C)n1cnc(/C(N)=N/O)n1. The van der Waals surface area contributed by atoms with Gasteiger partial charge in [0.1, 0.15) is 6.33 Å². The highest BCUT2D eigenvalue weighted by molar-refractivity contribution is 5.93. The summed E-state index contributed by atoms with van der Waals surface area (Å²) in [6.07, 6.45) is 1.58. The quantitative estimate of drug-likeness (QED) is 0.321. The van der Waals surface area contributed by atoms with Crippen molar-refractivity contribution < 1.29 is 5.21 Å². The lowest BCUT2D eigenvalue weighted by atomic mass is 10.1. The van der Waals surface area contributed by atoms with Crippen LogP contribution in [-0.2, 0) is 0 Å². The summed E-state index contributed by atoms with van der Waals surface area (Å²) in [7, 11) is 0. The molecule has 0 aromatic carbocycles. The van der Waals surface area contributed by atoms with Gasteiger partial charge in [0.15, 0.2) is 0 Å². The molecular weight excluding hydrogens is 182 g/mol. The van der Waals surface area contributed by atoms with Crippen LogP contribution in [0.5, 0.6) is 0 Å². The minimum atomic E-state index is -0.0697. The van der Waals surface area contributed by atoms with Gasteiger partial charge in [-0.25, -0.2) is 9.67 Å². The van der Waals surface area contributed by atoms with Gasteiger partial charge in [0.05, 0.1) is 6.04 Å². The molecule has 1 rings (SSSR count). The first-order valence-corrected chi connectivity index (χ1v) is 4.45. The second-order valence-electron chi connectivity index (χ2n) is 3.52. The molecule has 1 unspecified atom stereocenters. The molecule has 0 fully saturated rings. The number of aromatic nitrogens is 3. The highest BCUT2D eigenvalue weighted by Crippen LogP contribution is 2.14. The Hall–Kier alpha value is -1.59. The predicted molar refractivity (Wildman–Crippen MR) is 52.1 cm³/mol. The van der Waals surface area contributed by atoms with Crippen LogP contribution in [0.1, 0.15) is 32.6 Å². The van der Waals surface area contributed by atoms with E-state index >= 15 is 0 Å². The average molecular weight is 197 g/mol. The fourth-order valence-electron chi connectivity index (χ4n) is 0.939. The van der Waals surface area contributed by atoms with Crippen LogP contribution in [0.15, 0.2) is 11.5 Å². The molecule has 0 amide bonds. The molecule has 0 saturated carbocycles. The standard InChI is InChI=1S/C8H15N5O/c1-5(2)6(3)13-4-10-8(11-13)7(9)12-14/h4-6,14H,1-3H3,(H2,9,12). The Morgan fingerprint density at radius 1 is 1.57 bits per heavy atom. The minimum Gasteiger partial charge on any atom is -0.409 e. The molecule has 0 bridgehead atoms. The molecule has 0 aliphatic heterocycles. The van der Waals surface area contributed by atoms with Gasteiger partial charge in [0.25, 0.3) is 0 Å². The summed E-state index contributed by atoms with van der Waals surface area (Å²) < 4.78 is 1.71. The van der Waals surface area contributed by atoms with Gasteiger partial charge >= 0.3 is 0 Å². The van der Waals surface area contributed by atoms with Crippen LogP contribution in [0.2, 0.25) is 0 Å². The number of oxime groups is 1. The molecule has 0 aliphatic carbocycles. The summed E-state index contributed by atoms with van der Waals surface area (Å²) in [5, 5.41) is 15.3. The first-order chi connectivity index (χ1) is 6.56. The number of amidine groups is 1. The largest absolute Gasteiger partial charge is 0.409 e. The van der Waals surface area contributed by atoms with E-state index in [0.717, 1.165) is 0 Å². The number of nitrogens with zero attached hydrogens (tertiary/aromatic N) is 4. The van der Waals surface area contributed by atoms with Crippen LogP contribution in [0.3, 0.4) is 0 Å². The molecule has 1 heterocycles. The van der Waals surface area contributed by atoms with Crippen molar-refractivity contribution in [2.45, 2.75) is 26.8 Å². The van der Waals surface area contributed by atoms with Gasteiger partial charge in [-0.3, -0.25) is 0 Å².